The van der Waals surface area contributed by atoms with E-state index in [0.29, 0.717) is 30.1 Å². The number of hydrogen-bond acceptors (Lipinski definition) is 6. The van der Waals surface area contributed by atoms with Gasteiger partial charge in [-0.25, -0.2) is 0 Å². The third-order valence-electron chi connectivity index (χ3n) is 3.93. The second kappa shape index (κ2) is 7.78. The average molecular weight is 483 g/mol. The van der Waals surface area contributed by atoms with Crippen LogP contribution in [0.3, 0.4) is 0 Å². The van der Waals surface area contributed by atoms with Gasteiger partial charge >= 0.3 is 0 Å². The molecule has 2 saturated heterocycles. The van der Waals surface area contributed by atoms with Crippen molar-refractivity contribution < 1.29 is 9.59 Å². The molecule has 4 nitrogen and oxygen atoms in total. The number of para-hydroxylation sites is 2. The summed E-state index contributed by atoms with van der Waals surface area (Å²) in [5.41, 5.74) is 0.950. The Labute approximate surface area is 189 Å². The first-order chi connectivity index (χ1) is 13.4. The lowest BCUT2D eigenvalue weighted by Gasteiger charge is -2.16. The lowest BCUT2D eigenvalue weighted by atomic mass is 10.2. The van der Waals surface area contributed by atoms with E-state index in [-0.39, 0.29) is 9.81 Å². The van der Waals surface area contributed by atoms with Gasteiger partial charge < -0.3 is 0 Å². The maximum atomic E-state index is 13.1. The van der Waals surface area contributed by atoms with Gasteiger partial charge in [-0.1, -0.05) is 95.4 Å². The fraction of sp³-hybridized carbons (Fsp3) is 0. The first-order valence-electron chi connectivity index (χ1n) is 7.76. The molecule has 0 bridgehead atoms. The van der Waals surface area contributed by atoms with E-state index in [1.807, 2.05) is 0 Å². The largest absolute Gasteiger partial charge is 0.272 e. The molecule has 0 saturated carbocycles. The first kappa shape index (κ1) is 19.9. The maximum absolute atomic E-state index is 13.1. The molecule has 0 aliphatic carbocycles. The van der Waals surface area contributed by atoms with Crippen molar-refractivity contribution in [3.05, 3.63) is 68.4 Å². The van der Waals surface area contributed by atoms with Gasteiger partial charge in [-0.2, -0.15) is 0 Å². The molecule has 28 heavy (non-hydrogen) atoms. The summed E-state index contributed by atoms with van der Waals surface area (Å²) >= 11 is 25.3. The van der Waals surface area contributed by atoms with E-state index in [2.05, 4.69) is 0 Å². The number of halogens is 2. The summed E-state index contributed by atoms with van der Waals surface area (Å²) in [5.74, 6) is -0.800. The van der Waals surface area contributed by atoms with E-state index >= 15 is 0 Å². The van der Waals surface area contributed by atoms with Crippen LogP contribution in [0.5, 0.6) is 0 Å². The molecule has 0 spiro atoms. The minimum absolute atomic E-state index is 0.233. The summed E-state index contributed by atoms with van der Waals surface area (Å²) in [6.07, 6.45) is 0. The Balaban J connectivity index is 1.75. The highest BCUT2D eigenvalue weighted by Crippen LogP contribution is 2.46. The SMILES string of the molecule is O=C1/C(=C2\SC(=S)N(c3ccccc3Cl)C2=O)SC(=S)N1c1ccccc1Cl. The van der Waals surface area contributed by atoms with Gasteiger partial charge in [0.1, 0.15) is 0 Å². The third kappa shape index (κ3) is 3.28. The lowest BCUT2D eigenvalue weighted by Crippen LogP contribution is -2.29. The summed E-state index contributed by atoms with van der Waals surface area (Å²) in [6.45, 7) is 0. The zero-order valence-corrected chi connectivity index (χ0v) is 18.5. The molecule has 4 rings (SSSR count). The van der Waals surface area contributed by atoms with Crippen molar-refractivity contribution in [2.24, 2.45) is 0 Å². The molecule has 0 N–H and O–H groups in total. The van der Waals surface area contributed by atoms with Gasteiger partial charge in [-0.15, -0.1) is 0 Å². The van der Waals surface area contributed by atoms with Gasteiger partial charge in [0.15, 0.2) is 8.64 Å². The highest BCUT2D eigenvalue weighted by atomic mass is 35.5. The third-order valence-corrected chi connectivity index (χ3v) is 7.45. The molecule has 0 unspecified atom stereocenters. The topological polar surface area (TPSA) is 40.6 Å². The van der Waals surface area contributed by atoms with Crippen molar-refractivity contribution in [3.8, 4) is 0 Å². The zero-order chi connectivity index (χ0) is 20.0. The fourth-order valence-electron chi connectivity index (χ4n) is 2.69. The zero-order valence-electron chi connectivity index (χ0n) is 13.7. The Morgan fingerprint density at radius 3 is 1.39 bits per heavy atom. The summed E-state index contributed by atoms with van der Waals surface area (Å²) in [4.78, 5) is 29.3. The van der Waals surface area contributed by atoms with Crippen LogP contribution >= 0.6 is 71.2 Å². The fourth-order valence-corrected chi connectivity index (χ4v) is 5.86. The number of hydrogen-bond donors (Lipinski definition) is 0. The maximum Gasteiger partial charge on any atom is 0.272 e. The van der Waals surface area contributed by atoms with Gasteiger partial charge in [0.05, 0.1) is 31.2 Å². The van der Waals surface area contributed by atoms with E-state index in [0.717, 1.165) is 23.5 Å². The molecule has 0 atom stereocenters. The van der Waals surface area contributed by atoms with Crippen LogP contribution in [0, 0.1) is 0 Å². The number of amides is 2. The molecule has 2 aromatic carbocycles. The quantitative estimate of drug-likeness (QED) is 0.407. The predicted octanol–water partition coefficient (Wildman–Crippen LogP) is 5.63. The summed E-state index contributed by atoms with van der Waals surface area (Å²) in [6, 6.07) is 13.8. The van der Waals surface area contributed by atoms with Crippen LogP contribution in [0.1, 0.15) is 0 Å². The number of benzene rings is 2. The molecular formula is C18H8Cl2N2O2S4. The molecule has 2 amide bonds. The first-order valence-corrected chi connectivity index (χ1v) is 11.0. The number of carbonyl (C=O) groups is 2. The van der Waals surface area contributed by atoms with Crippen LogP contribution < -0.4 is 9.80 Å². The Bertz CT molecular complexity index is 1020. The molecule has 140 valence electrons. The highest BCUT2D eigenvalue weighted by Gasteiger charge is 2.43. The van der Waals surface area contributed by atoms with Crippen molar-refractivity contribution in [2.75, 3.05) is 9.80 Å². The Morgan fingerprint density at radius 2 is 1.04 bits per heavy atom. The van der Waals surface area contributed by atoms with E-state index in [1.54, 1.807) is 48.5 Å². The van der Waals surface area contributed by atoms with Crippen molar-refractivity contribution in [1.29, 1.82) is 0 Å². The van der Waals surface area contributed by atoms with Crippen molar-refractivity contribution in [1.82, 2.24) is 0 Å². The van der Waals surface area contributed by atoms with Crippen molar-refractivity contribution >= 4 is 103 Å². The predicted molar refractivity (Wildman–Crippen MR) is 125 cm³/mol. The smallest absolute Gasteiger partial charge is 0.268 e. The molecule has 0 aromatic heterocycles. The summed E-state index contributed by atoms with van der Waals surface area (Å²) < 4.78 is 0.604. The van der Waals surface area contributed by atoms with Crippen LogP contribution in [0.2, 0.25) is 10.0 Å². The normalized spacial score (nSPS) is 19.9. The van der Waals surface area contributed by atoms with E-state index < -0.39 is 11.8 Å². The molecule has 2 aliphatic rings. The number of anilines is 2. The highest BCUT2D eigenvalue weighted by molar-refractivity contribution is 8.30. The summed E-state index contributed by atoms with van der Waals surface area (Å²) in [5, 5.41) is 0.785. The van der Waals surface area contributed by atoms with Crippen LogP contribution in [-0.2, 0) is 9.59 Å². The Morgan fingerprint density at radius 1 is 0.679 bits per heavy atom. The Kier molecular flexibility index (Phi) is 5.52. The van der Waals surface area contributed by atoms with Crippen LogP contribution in [-0.4, -0.2) is 20.5 Å². The van der Waals surface area contributed by atoms with Crippen LogP contribution in [0.15, 0.2) is 58.3 Å². The van der Waals surface area contributed by atoms with E-state index in [1.165, 1.54) is 9.80 Å². The molecule has 0 radical (unpaired) electrons. The minimum atomic E-state index is -0.400. The van der Waals surface area contributed by atoms with Gasteiger partial charge in [0.2, 0.25) is 0 Å². The number of carbonyl (C=O) groups excluding carboxylic acids is 2. The van der Waals surface area contributed by atoms with Crippen LogP contribution in [0.25, 0.3) is 0 Å². The number of thiocarbonyl (C=S) groups is 2. The summed E-state index contributed by atoms with van der Waals surface area (Å²) in [7, 11) is 0. The average Bonchev–Trinajstić information content (AvgIpc) is 3.12. The van der Waals surface area contributed by atoms with Crippen LogP contribution in [0.4, 0.5) is 11.4 Å². The lowest BCUT2D eigenvalue weighted by molar-refractivity contribution is -0.115. The molecule has 2 aliphatic heterocycles. The van der Waals surface area contributed by atoms with Gasteiger partial charge in [-0.3, -0.25) is 19.4 Å². The second-order valence-corrected chi connectivity index (χ2v) is 9.68. The molecule has 2 heterocycles. The minimum Gasteiger partial charge on any atom is -0.268 e. The Hall–Kier alpha value is -1.42. The number of thioether (sulfide) groups is 2. The molecular weight excluding hydrogens is 475 g/mol. The second-order valence-electron chi connectivity index (χ2n) is 5.58. The standard InChI is InChI=1S/C18H8Cl2N2O2S4/c19-9-5-1-3-7-11(9)21-15(23)13(27-17(21)25)14-16(24)22(18(26)28-14)12-8-4-2-6-10(12)20/h1-8H/b14-13+. The molecule has 10 heteroatoms. The molecule has 2 aromatic rings. The van der Waals surface area contributed by atoms with Crippen molar-refractivity contribution in [2.45, 2.75) is 0 Å². The molecule has 2 fully saturated rings. The van der Waals surface area contributed by atoms with E-state index in [9.17, 15) is 9.59 Å². The van der Waals surface area contributed by atoms with E-state index in [4.69, 9.17) is 47.6 Å². The van der Waals surface area contributed by atoms with Gasteiger partial charge in [0, 0.05) is 0 Å². The van der Waals surface area contributed by atoms with Gasteiger partial charge in [-0.05, 0) is 24.3 Å². The van der Waals surface area contributed by atoms with Crippen molar-refractivity contribution in [3.63, 3.8) is 0 Å². The van der Waals surface area contributed by atoms with Gasteiger partial charge in [0.25, 0.3) is 11.8 Å². The number of nitrogens with zero attached hydrogens (tertiary/aromatic N) is 2. The number of rotatable bonds is 2. The monoisotopic (exact) mass is 482 g/mol.